The normalized spacial score (nSPS) is 41.7. The topological polar surface area (TPSA) is 207 Å². The summed E-state index contributed by atoms with van der Waals surface area (Å²) >= 11 is 0. The summed E-state index contributed by atoms with van der Waals surface area (Å²) in [4.78, 5) is 53.7. The maximum absolute atomic E-state index is 14.3. The number of nitrogens with two attached hydrogens (primary N) is 1. The Morgan fingerprint density at radius 2 is 1.67 bits per heavy atom. The van der Waals surface area contributed by atoms with Crippen molar-refractivity contribution in [1.29, 1.82) is 0 Å². The molecule has 5 rings (SSSR count). The molecule has 10 atom stereocenters. The number of amides is 2. The van der Waals surface area contributed by atoms with Gasteiger partial charge in [0.25, 0.3) is 0 Å². The second kappa shape index (κ2) is 9.83. The van der Waals surface area contributed by atoms with Crippen LogP contribution in [0.3, 0.4) is 0 Å². The molecular formula is C31H42N2O9. The molecule has 0 aliphatic heterocycles. The summed E-state index contributed by atoms with van der Waals surface area (Å²) in [5, 5.41) is 61.7. The molecule has 0 radical (unpaired) electrons. The molecule has 8 N–H and O–H groups in total. The molecule has 0 aromatic heterocycles. The number of fused-ring (bicyclic) bond motifs is 3. The Bertz CT molecular complexity index is 1360. The van der Waals surface area contributed by atoms with Gasteiger partial charge in [0.15, 0.2) is 17.2 Å². The molecule has 3 saturated carbocycles. The monoisotopic (exact) mass is 586 g/mol. The van der Waals surface area contributed by atoms with Gasteiger partial charge in [0.05, 0.1) is 23.7 Å². The van der Waals surface area contributed by atoms with Crippen molar-refractivity contribution >= 4 is 29.1 Å². The third-order valence-electron chi connectivity index (χ3n) is 11.6. The first-order valence-corrected chi connectivity index (χ1v) is 14.8. The lowest BCUT2D eigenvalue weighted by Gasteiger charge is -2.69. The van der Waals surface area contributed by atoms with Crippen molar-refractivity contribution in [3.63, 3.8) is 0 Å². The SMILES string of the molecule is CC(C)[C@H]1C(O)[C@@H](C(N)=O)C(=O)[C@]2(O)C(O)[C@H]3C(=O)c4c(O)ccc(NC(=O)C5CCCC5)c4C(C)[C@]3(C)[C@@H](O)[C@]12C. The van der Waals surface area contributed by atoms with Gasteiger partial charge >= 0.3 is 0 Å². The van der Waals surface area contributed by atoms with Gasteiger partial charge in [0, 0.05) is 22.4 Å². The number of phenolic OH excluding ortho intramolecular Hbond substituents is 1. The smallest absolute Gasteiger partial charge is 0.230 e. The maximum atomic E-state index is 14.3. The first kappa shape index (κ1) is 30.6. The van der Waals surface area contributed by atoms with Gasteiger partial charge in [-0.15, -0.1) is 0 Å². The number of anilines is 1. The standard InChI is InChI=1S/C31H42N2O9/c1-12(2)20-23(36)19(26(32)39)24(37)31(42)25(38)21-22(35)18-16(34)11-10-15(33-27(40)14-8-6-7-9-14)17(18)13(3)29(21,4)28(41)30(20,31)5/h10-14,19-21,23,25,28,34,36,38,41-42H,6-9H2,1-5H3,(H2,32,39)(H,33,40)/t13?,19-,20+,21-,23?,25?,28-,29+,30+,31+/m1/s1. The van der Waals surface area contributed by atoms with Crippen molar-refractivity contribution in [1.82, 2.24) is 0 Å². The summed E-state index contributed by atoms with van der Waals surface area (Å²) in [6.07, 6.45) is -2.14. The van der Waals surface area contributed by atoms with Gasteiger partial charge in [-0.05, 0) is 48.3 Å². The zero-order chi connectivity index (χ0) is 31.3. The number of carbonyl (C=O) groups excluding carboxylic acids is 4. The van der Waals surface area contributed by atoms with Gasteiger partial charge in [-0.25, -0.2) is 0 Å². The van der Waals surface area contributed by atoms with Crippen LogP contribution in [0.4, 0.5) is 5.69 Å². The molecule has 3 fully saturated rings. The molecule has 1 aromatic rings. The van der Waals surface area contributed by atoms with E-state index in [0.29, 0.717) is 5.69 Å². The van der Waals surface area contributed by atoms with Crippen LogP contribution in [0.1, 0.15) is 82.1 Å². The van der Waals surface area contributed by atoms with E-state index in [1.54, 1.807) is 27.7 Å². The number of aliphatic hydroxyl groups excluding tert-OH is 3. The lowest BCUT2D eigenvalue weighted by Crippen LogP contribution is -2.83. The largest absolute Gasteiger partial charge is 0.507 e. The van der Waals surface area contributed by atoms with Crippen LogP contribution in [0.15, 0.2) is 12.1 Å². The number of aromatic hydroxyl groups is 1. The molecular weight excluding hydrogens is 544 g/mol. The molecule has 0 spiro atoms. The molecule has 11 nitrogen and oxygen atoms in total. The number of phenols is 1. The summed E-state index contributed by atoms with van der Waals surface area (Å²) in [6, 6.07) is 2.77. The first-order chi connectivity index (χ1) is 19.5. The van der Waals surface area contributed by atoms with E-state index in [-0.39, 0.29) is 23.0 Å². The number of carbonyl (C=O) groups is 4. The van der Waals surface area contributed by atoms with Gasteiger partial charge in [-0.2, -0.15) is 0 Å². The van der Waals surface area contributed by atoms with Crippen LogP contribution in [0.25, 0.3) is 0 Å². The second-order valence-electron chi connectivity index (χ2n) is 13.7. The van der Waals surface area contributed by atoms with Crippen LogP contribution in [0.2, 0.25) is 0 Å². The number of nitrogens with one attached hydrogen (secondary N) is 1. The van der Waals surface area contributed by atoms with E-state index in [1.807, 2.05) is 0 Å². The summed E-state index contributed by atoms with van der Waals surface area (Å²) in [6.45, 7) is 8.05. The fraction of sp³-hybridized carbons (Fsp3) is 0.677. The number of Topliss-reactive ketones (excluding diaryl/α,β-unsaturated/α-hetero) is 2. The third-order valence-corrected chi connectivity index (χ3v) is 11.6. The van der Waals surface area contributed by atoms with Crippen LogP contribution in [0.5, 0.6) is 5.75 Å². The number of primary amides is 1. The van der Waals surface area contributed by atoms with E-state index in [9.17, 15) is 44.7 Å². The minimum absolute atomic E-state index is 0.178. The highest BCUT2D eigenvalue weighted by molar-refractivity contribution is 6.10. The molecule has 0 saturated heterocycles. The minimum atomic E-state index is -2.85. The molecule has 230 valence electrons. The predicted octanol–water partition coefficient (Wildman–Crippen LogP) is 1.23. The molecule has 0 bridgehead atoms. The summed E-state index contributed by atoms with van der Waals surface area (Å²) in [5.74, 6) is -9.99. The Balaban J connectivity index is 1.73. The average Bonchev–Trinajstić information content (AvgIpc) is 3.45. The zero-order valence-electron chi connectivity index (χ0n) is 24.6. The van der Waals surface area contributed by atoms with Gasteiger partial charge in [-0.3, -0.25) is 19.2 Å². The number of benzene rings is 1. The van der Waals surface area contributed by atoms with Crippen LogP contribution >= 0.6 is 0 Å². The molecule has 4 aliphatic carbocycles. The van der Waals surface area contributed by atoms with Crippen LogP contribution in [0, 0.1) is 40.4 Å². The van der Waals surface area contributed by atoms with Crippen molar-refractivity contribution in [2.75, 3.05) is 5.32 Å². The maximum Gasteiger partial charge on any atom is 0.230 e. The zero-order valence-corrected chi connectivity index (χ0v) is 24.6. The average molecular weight is 587 g/mol. The molecule has 11 heteroatoms. The Labute approximate surface area is 244 Å². The number of hydrogen-bond donors (Lipinski definition) is 7. The van der Waals surface area contributed by atoms with E-state index >= 15 is 0 Å². The van der Waals surface area contributed by atoms with Crippen molar-refractivity contribution in [2.24, 2.45) is 46.2 Å². The Morgan fingerprint density at radius 1 is 1.07 bits per heavy atom. The summed E-state index contributed by atoms with van der Waals surface area (Å²) in [5.41, 5.74) is -0.450. The first-order valence-electron chi connectivity index (χ1n) is 14.8. The predicted molar refractivity (Wildman–Crippen MR) is 150 cm³/mol. The van der Waals surface area contributed by atoms with E-state index in [1.165, 1.54) is 19.1 Å². The Morgan fingerprint density at radius 3 is 2.21 bits per heavy atom. The van der Waals surface area contributed by atoms with Crippen LogP contribution in [-0.4, -0.2) is 72.8 Å². The Kier molecular flexibility index (Phi) is 7.16. The Hall–Kier alpha value is -2.86. The lowest BCUT2D eigenvalue weighted by molar-refractivity contribution is -0.306. The van der Waals surface area contributed by atoms with E-state index in [2.05, 4.69) is 5.32 Å². The van der Waals surface area contributed by atoms with Crippen LogP contribution < -0.4 is 11.1 Å². The highest BCUT2D eigenvalue weighted by Gasteiger charge is 2.80. The molecule has 42 heavy (non-hydrogen) atoms. The number of hydrogen-bond acceptors (Lipinski definition) is 9. The van der Waals surface area contributed by atoms with Gasteiger partial charge in [-0.1, -0.05) is 47.5 Å². The third kappa shape index (κ3) is 3.60. The fourth-order valence-corrected chi connectivity index (χ4v) is 9.36. The second-order valence-corrected chi connectivity index (χ2v) is 13.7. The van der Waals surface area contributed by atoms with Gasteiger partial charge in [0.2, 0.25) is 11.8 Å². The molecule has 1 aromatic carbocycles. The van der Waals surface area contributed by atoms with Crippen molar-refractivity contribution in [3.8, 4) is 5.75 Å². The molecule has 0 heterocycles. The molecule has 2 amide bonds. The van der Waals surface area contributed by atoms with E-state index in [4.69, 9.17) is 5.73 Å². The van der Waals surface area contributed by atoms with E-state index in [0.717, 1.165) is 25.7 Å². The highest BCUT2D eigenvalue weighted by atomic mass is 16.4. The molecule has 4 aliphatic rings. The van der Waals surface area contributed by atoms with Crippen LogP contribution in [-0.2, 0) is 14.4 Å². The number of aliphatic hydroxyl groups is 4. The fourth-order valence-electron chi connectivity index (χ4n) is 9.36. The molecule has 3 unspecified atom stereocenters. The van der Waals surface area contributed by atoms with Crippen molar-refractivity contribution < 1.29 is 44.7 Å². The number of ketones is 2. The number of rotatable bonds is 4. The van der Waals surface area contributed by atoms with E-state index < -0.39 is 87.6 Å². The summed E-state index contributed by atoms with van der Waals surface area (Å²) in [7, 11) is 0. The van der Waals surface area contributed by atoms with Crippen molar-refractivity contribution in [2.45, 2.75) is 90.1 Å². The summed E-state index contributed by atoms with van der Waals surface area (Å²) < 4.78 is 0. The van der Waals surface area contributed by atoms with Crippen molar-refractivity contribution in [3.05, 3.63) is 23.3 Å². The highest BCUT2D eigenvalue weighted by Crippen LogP contribution is 2.68. The van der Waals surface area contributed by atoms with Gasteiger partial charge in [0.1, 0.15) is 17.8 Å². The minimum Gasteiger partial charge on any atom is -0.507 e. The quantitative estimate of drug-likeness (QED) is 0.200. The lowest BCUT2D eigenvalue weighted by atomic mass is 9.36. The van der Waals surface area contributed by atoms with Gasteiger partial charge < -0.3 is 36.6 Å².